The zero-order chi connectivity index (χ0) is 10.1. The fraction of sp³-hybridized carbons (Fsp3) is 0.500. The number of fused-ring (bicyclic) bond motifs is 1. The van der Waals surface area contributed by atoms with Crippen LogP contribution < -0.4 is 11.1 Å². The lowest BCUT2D eigenvalue weighted by Crippen LogP contribution is -2.37. The van der Waals surface area contributed by atoms with Crippen LogP contribution in [-0.4, -0.2) is 27.4 Å². The predicted octanol–water partition coefficient (Wildman–Crippen LogP) is 0.117. The Labute approximate surface area is 80.5 Å². The van der Waals surface area contributed by atoms with Gasteiger partial charge in [-0.05, 0) is 19.3 Å². The van der Waals surface area contributed by atoms with Gasteiger partial charge in [0.15, 0.2) is 0 Å². The molecule has 1 aromatic rings. The van der Waals surface area contributed by atoms with Crippen LogP contribution in [0.5, 0.6) is 0 Å². The highest BCUT2D eigenvalue weighted by Gasteiger charge is 2.23. The number of hydrogen-bond donors (Lipinski definition) is 4. The summed E-state index contributed by atoms with van der Waals surface area (Å²) >= 11 is 0. The van der Waals surface area contributed by atoms with Crippen molar-refractivity contribution in [3.63, 3.8) is 0 Å². The molecule has 1 heterocycles. The van der Waals surface area contributed by atoms with Gasteiger partial charge in [-0.1, -0.05) is 0 Å². The normalized spacial score (nSPS) is 20.1. The van der Waals surface area contributed by atoms with Crippen LogP contribution in [0.2, 0.25) is 0 Å². The van der Waals surface area contributed by atoms with Gasteiger partial charge in [0.05, 0.1) is 0 Å². The molecule has 1 aliphatic rings. The van der Waals surface area contributed by atoms with E-state index in [4.69, 9.17) is 10.8 Å². The summed E-state index contributed by atoms with van der Waals surface area (Å²) in [6.45, 7) is 0. The number of aromatic amines is 1. The lowest BCUT2D eigenvalue weighted by molar-refractivity contribution is 0.188. The van der Waals surface area contributed by atoms with Crippen LogP contribution in [0, 0.1) is 0 Å². The molecule has 1 amide bonds. The average Bonchev–Trinajstić information content (AvgIpc) is 2.47. The van der Waals surface area contributed by atoms with E-state index in [0.717, 1.165) is 24.1 Å². The first-order valence-electron chi connectivity index (χ1n) is 4.48. The maximum Gasteiger partial charge on any atom is 0.404 e. The highest BCUT2D eigenvalue weighted by atomic mass is 16.4. The standard InChI is InChI=1S/C8H12N4O2/c9-7-5-3-4(10-8(13)14)1-2-6(5)11-12-7/h4,10H,1-3H2,(H,13,14)(H3,9,11,12). The van der Waals surface area contributed by atoms with Crippen molar-refractivity contribution >= 4 is 11.9 Å². The lowest BCUT2D eigenvalue weighted by Gasteiger charge is -2.21. The van der Waals surface area contributed by atoms with Gasteiger partial charge >= 0.3 is 6.09 Å². The van der Waals surface area contributed by atoms with Gasteiger partial charge < -0.3 is 16.2 Å². The predicted molar refractivity (Wildman–Crippen MR) is 50.0 cm³/mol. The molecule has 6 heteroatoms. The van der Waals surface area contributed by atoms with E-state index in [0.29, 0.717) is 12.2 Å². The van der Waals surface area contributed by atoms with E-state index in [2.05, 4.69) is 15.5 Å². The van der Waals surface area contributed by atoms with Gasteiger partial charge in [-0.2, -0.15) is 5.10 Å². The van der Waals surface area contributed by atoms with Crippen molar-refractivity contribution in [2.24, 2.45) is 0 Å². The second-order valence-electron chi connectivity index (χ2n) is 3.46. The second-order valence-corrected chi connectivity index (χ2v) is 3.46. The topological polar surface area (TPSA) is 104 Å². The summed E-state index contributed by atoms with van der Waals surface area (Å²) in [5, 5.41) is 17.8. The minimum atomic E-state index is -0.986. The molecule has 14 heavy (non-hydrogen) atoms. The first-order chi connectivity index (χ1) is 6.66. The highest BCUT2D eigenvalue weighted by molar-refractivity contribution is 5.65. The summed E-state index contributed by atoms with van der Waals surface area (Å²) in [5.41, 5.74) is 7.62. The second kappa shape index (κ2) is 3.21. The summed E-state index contributed by atoms with van der Waals surface area (Å²) in [7, 11) is 0. The third-order valence-corrected chi connectivity index (χ3v) is 2.51. The van der Waals surface area contributed by atoms with Crippen LogP contribution in [0.3, 0.4) is 0 Å². The molecule has 76 valence electrons. The molecule has 6 nitrogen and oxygen atoms in total. The van der Waals surface area contributed by atoms with E-state index in [1.807, 2.05) is 0 Å². The number of anilines is 1. The van der Waals surface area contributed by atoms with Crippen molar-refractivity contribution in [2.45, 2.75) is 25.3 Å². The quantitative estimate of drug-likeness (QED) is 0.512. The first-order valence-corrected chi connectivity index (χ1v) is 4.48. The molecule has 1 atom stereocenters. The molecule has 0 spiro atoms. The average molecular weight is 196 g/mol. The van der Waals surface area contributed by atoms with Crippen LogP contribution in [0.4, 0.5) is 10.6 Å². The Bertz CT molecular complexity index is 360. The molecule has 0 saturated carbocycles. The Kier molecular flexibility index (Phi) is 2.03. The van der Waals surface area contributed by atoms with E-state index >= 15 is 0 Å². The molecule has 0 aliphatic heterocycles. The third-order valence-electron chi connectivity index (χ3n) is 2.51. The SMILES string of the molecule is Nc1n[nH]c2c1CC(NC(=O)O)CC2. The number of carboxylic acid groups (broad SMARTS) is 1. The van der Waals surface area contributed by atoms with Crippen molar-refractivity contribution in [3.05, 3.63) is 11.3 Å². The number of rotatable bonds is 1. The molecule has 1 aliphatic carbocycles. The number of carbonyl (C=O) groups is 1. The molecule has 1 aromatic heterocycles. The molecule has 0 radical (unpaired) electrons. The van der Waals surface area contributed by atoms with Gasteiger partial charge in [0.2, 0.25) is 0 Å². The van der Waals surface area contributed by atoms with Gasteiger partial charge in [0.1, 0.15) is 5.82 Å². The Morgan fingerprint density at radius 1 is 1.71 bits per heavy atom. The number of hydrogen-bond acceptors (Lipinski definition) is 3. The van der Waals surface area contributed by atoms with E-state index in [1.54, 1.807) is 0 Å². The number of nitrogens with zero attached hydrogens (tertiary/aromatic N) is 1. The summed E-state index contributed by atoms with van der Waals surface area (Å²) < 4.78 is 0. The van der Waals surface area contributed by atoms with E-state index in [-0.39, 0.29) is 6.04 Å². The molecule has 0 fully saturated rings. The fourth-order valence-corrected chi connectivity index (χ4v) is 1.82. The van der Waals surface area contributed by atoms with Crippen LogP contribution in [0.15, 0.2) is 0 Å². The maximum absolute atomic E-state index is 10.4. The van der Waals surface area contributed by atoms with Gasteiger partial charge in [-0.15, -0.1) is 0 Å². The zero-order valence-electron chi connectivity index (χ0n) is 7.58. The molecule has 1 unspecified atom stereocenters. The molecule has 2 rings (SSSR count). The van der Waals surface area contributed by atoms with Crippen molar-refractivity contribution in [2.75, 3.05) is 5.73 Å². The van der Waals surface area contributed by atoms with Gasteiger partial charge in [-0.25, -0.2) is 4.79 Å². The minimum absolute atomic E-state index is 0.0418. The Morgan fingerprint density at radius 3 is 3.21 bits per heavy atom. The number of nitrogen functional groups attached to an aromatic ring is 1. The smallest absolute Gasteiger partial charge is 0.404 e. The zero-order valence-corrected chi connectivity index (χ0v) is 7.58. The number of aromatic nitrogens is 2. The van der Waals surface area contributed by atoms with E-state index in [1.165, 1.54) is 0 Å². The largest absolute Gasteiger partial charge is 0.465 e. The highest BCUT2D eigenvalue weighted by Crippen LogP contribution is 2.23. The van der Waals surface area contributed by atoms with Crippen LogP contribution in [0.1, 0.15) is 17.7 Å². The van der Waals surface area contributed by atoms with Gasteiger partial charge in [-0.3, -0.25) is 5.10 Å². The molecule has 0 aromatic carbocycles. The number of aryl methyl sites for hydroxylation is 1. The van der Waals surface area contributed by atoms with Crippen molar-refractivity contribution in [3.8, 4) is 0 Å². The molecule has 5 N–H and O–H groups in total. The number of nitrogens with one attached hydrogen (secondary N) is 2. The lowest BCUT2D eigenvalue weighted by atomic mass is 9.93. The van der Waals surface area contributed by atoms with E-state index < -0.39 is 6.09 Å². The Hall–Kier alpha value is -1.72. The Balaban J connectivity index is 2.12. The first kappa shape index (κ1) is 8.86. The van der Waals surface area contributed by atoms with Crippen LogP contribution >= 0.6 is 0 Å². The fourth-order valence-electron chi connectivity index (χ4n) is 1.82. The maximum atomic E-state index is 10.4. The third kappa shape index (κ3) is 1.50. The van der Waals surface area contributed by atoms with E-state index in [9.17, 15) is 4.79 Å². The molecule has 0 saturated heterocycles. The van der Waals surface area contributed by atoms with Crippen molar-refractivity contribution in [1.29, 1.82) is 0 Å². The summed E-state index contributed by atoms with van der Waals surface area (Å²) in [5.74, 6) is 0.483. The number of nitrogens with two attached hydrogens (primary N) is 1. The van der Waals surface area contributed by atoms with Crippen molar-refractivity contribution in [1.82, 2.24) is 15.5 Å². The van der Waals surface area contributed by atoms with Crippen LogP contribution in [-0.2, 0) is 12.8 Å². The number of amides is 1. The number of H-pyrrole nitrogens is 1. The monoisotopic (exact) mass is 196 g/mol. The molecular weight excluding hydrogens is 184 g/mol. The minimum Gasteiger partial charge on any atom is -0.465 e. The summed E-state index contributed by atoms with van der Waals surface area (Å²) in [6.07, 6.45) is 1.23. The summed E-state index contributed by atoms with van der Waals surface area (Å²) in [4.78, 5) is 10.4. The Morgan fingerprint density at radius 2 is 2.50 bits per heavy atom. The van der Waals surface area contributed by atoms with Gasteiger partial charge in [0.25, 0.3) is 0 Å². The van der Waals surface area contributed by atoms with Gasteiger partial charge in [0, 0.05) is 17.3 Å². The van der Waals surface area contributed by atoms with Crippen LogP contribution in [0.25, 0.3) is 0 Å². The van der Waals surface area contributed by atoms with Crippen molar-refractivity contribution < 1.29 is 9.90 Å². The molecular formula is C8H12N4O2. The molecule has 0 bridgehead atoms. The summed E-state index contributed by atoms with van der Waals surface area (Å²) in [6, 6.07) is -0.0418.